The van der Waals surface area contributed by atoms with E-state index < -0.39 is 20.9 Å². The van der Waals surface area contributed by atoms with Gasteiger partial charge in [-0.1, -0.05) is 23.2 Å². The summed E-state index contributed by atoms with van der Waals surface area (Å²) < 4.78 is 28.5. The van der Waals surface area contributed by atoms with Crippen LogP contribution in [0.5, 0.6) is 0 Å². The van der Waals surface area contributed by atoms with Crippen LogP contribution in [0.4, 0.5) is 5.13 Å². The van der Waals surface area contributed by atoms with E-state index in [-0.39, 0.29) is 10.7 Å². The molecular formula is C19H15Cl2N5O3S2. The first-order chi connectivity index (χ1) is 14.5. The molecule has 0 saturated heterocycles. The molecule has 0 radical (unpaired) electrons. The monoisotopic (exact) mass is 495 g/mol. The number of aryl methyl sites for hydroxylation is 1. The van der Waals surface area contributed by atoms with Crippen LogP contribution in [0.1, 0.15) is 17.0 Å². The summed E-state index contributed by atoms with van der Waals surface area (Å²) in [6.07, 6.45) is 2.40. The van der Waals surface area contributed by atoms with E-state index in [0.717, 1.165) is 17.6 Å². The zero-order valence-electron chi connectivity index (χ0n) is 16.5. The number of nitrogens with one attached hydrogen (secondary N) is 1. The highest BCUT2D eigenvalue weighted by molar-refractivity contribution is 7.90. The van der Waals surface area contributed by atoms with Crippen LogP contribution in [0.15, 0.2) is 35.0 Å². The molecule has 0 aliphatic heterocycles. The third-order valence-corrected chi connectivity index (χ3v) is 6.38. The van der Waals surface area contributed by atoms with Crippen molar-refractivity contribution >= 4 is 61.7 Å². The molecule has 1 N–H and O–H groups in total. The number of anilines is 1. The predicted octanol–water partition coefficient (Wildman–Crippen LogP) is 4.20. The maximum atomic E-state index is 12.5. The van der Waals surface area contributed by atoms with E-state index in [0.29, 0.717) is 32.8 Å². The number of nitriles is 1. The molecule has 0 fully saturated rings. The van der Waals surface area contributed by atoms with Crippen LogP contribution < -0.4 is 5.32 Å². The first-order valence-electron chi connectivity index (χ1n) is 8.62. The molecule has 160 valence electrons. The van der Waals surface area contributed by atoms with Gasteiger partial charge in [0.05, 0.1) is 10.7 Å². The fourth-order valence-corrected chi connectivity index (χ4v) is 4.78. The fraction of sp³-hybridized carbons (Fsp3) is 0.158. The van der Waals surface area contributed by atoms with Crippen molar-refractivity contribution in [3.05, 3.63) is 56.8 Å². The van der Waals surface area contributed by atoms with Gasteiger partial charge in [0.15, 0.2) is 0 Å². The van der Waals surface area contributed by atoms with Gasteiger partial charge in [-0.15, -0.1) is 0 Å². The molecule has 0 saturated carbocycles. The Labute approximate surface area is 192 Å². The molecule has 0 unspecified atom stereocenters. The molecule has 8 nitrogen and oxygen atoms in total. The second-order valence-corrected chi connectivity index (χ2v) is 10.0. The molecule has 0 spiro atoms. The summed E-state index contributed by atoms with van der Waals surface area (Å²) in [6.45, 7) is 3.70. The zero-order valence-corrected chi connectivity index (χ0v) is 19.6. The Morgan fingerprint density at radius 2 is 2.00 bits per heavy atom. The largest absolute Gasteiger partial charge is 0.316 e. The van der Waals surface area contributed by atoms with Gasteiger partial charge in [0.2, 0.25) is 15.0 Å². The van der Waals surface area contributed by atoms with Gasteiger partial charge >= 0.3 is 0 Å². The Morgan fingerprint density at radius 3 is 2.58 bits per heavy atom. The SMILES string of the molecule is Cc1cc(C=C(C#N)C(=O)Nc2nc(S(C)(=O)=O)ns2)c(C)n1-c1ccc(Cl)cc1Cl. The van der Waals surface area contributed by atoms with Crippen LogP contribution >= 0.6 is 34.7 Å². The Balaban J connectivity index is 1.93. The fourth-order valence-electron chi connectivity index (χ4n) is 2.85. The zero-order chi connectivity index (χ0) is 22.9. The molecule has 0 aliphatic rings. The highest BCUT2D eigenvalue weighted by Gasteiger charge is 2.19. The van der Waals surface area contributed by atoms with Crippen molar-refractivity contribution in [2.75, 3.05) is 11.6 Å². The molecule has 1 amide bonds. The smallest absolute Gasteiger partial charge is 0.268 e. The maximum Gasteiger partial charge on any atom is 0.268 e. The lowest BCUT2D eigenvalue weighted by atomic mass is 10.1. The molecule has 31 heavy (non-hydrogen) atoms. The number of hydrogen-bond donors (Lipinski definition) is 1. The highest BCUT2D eigenvalue weighted by Crippen LogP contribution is 2.29. The van der Waals surface area contributed by atoms with Crippen molar-refractivity contribution in [2.24, 2.45) is 0 Å². The third-order valence-electron chi connectivity index (χ3n) is 4.25. The Bertz CT molecular complexity index is 1370. The van der Waals surface area contributed by atoms with Crippen LogP contribution in [0, 0.1) is 25.2 Å². The minimum Gasteiger partial charge on any atom is -0.316 e. The van der Waals surface area contributed by atoms with Gasteiger partial charge in [0, 0.05) is 34.2 Å². The molecular weight excluding hydrogens is 481 g/mol. The number of halogens is 2. The number of rotatable bonds is 5. The van der Waals surface area contributed by atoms with E-state index in [2.05, 4.69) is 14.7 Å². The van der Waals surface area contributed by atoms with Crippen molar-refractivity contribution in [3.63, 3.8) is 0 Å². The van der Waals surface area contributed by atoms with Crippen LogP contribution in [0.3, 0.4) is 0 Å². The average Bonchev–Trinajstić information content (AvgIpc) is 3.25. The minimum atomic E-state index is -3.60. The number of amides is 1. The summed E-state index contributed by atoms with van der Waals surface area (Å²) in [5.74, 6) is -0.729. The van der Waals surface area contributed by atoms with Crippen LogP contribution in [-0.2, 0) is 14.6 Å². The Kier molecular flexibility index (Phi) is 6.52. The number of sulfone groups is 1. The second kappa shape index (κ2) is 8.80. The van der Waals surface area contributed by atoms with Gasteiger partial charge in [0.25, 0.3) is 11.1 Å². The van der Waals surface area contributed by atoms with Crippen molar-refractivity contribution < 1.29 is 13.2 Å². The van der Waals surface area contributed by atoms with E-state index in [1.54, 1.807) is 18.2 Å². The summed E-state index contributed by atoms with van der Waals surface area (Å²) in [5, 5.41) is 12.4. The normalized spacial score (nSPS) is 11.9. The van der Waals surface area contributed by atoms with Gasteiger partial charge in [-0.25, -0.2) is 8.42 Å². The molecule has 12 heteroatoms. The molecule has 2 heterocycles. The van der Waals surface area contributed by atoms with Gasteiger partial charge in [-0.2, -0.15) is 14.6 Å². The lowest BCUT2D eigenvalue weighted by molar-refractivity contribution is -0.112. The molecule has 1 aromatic carbocycles. The average molecular weight is 496 g/mol. The van der Waals surface area contributed by atoms with Crippen molar-refractivity contribution in [2.45, 2.75) is 19.0 Å². The summed E-state index contributed by atoms with van der Waals surface area (Å²) >= 11 is 13.0. The molecule has 0 atom stereocenters. The van der Waals surface area contributed by atoms with E-state index >= 15 is 0 Å². The second-order valence-electron chi connectivity index (χ2n) is 6.54. The minimum absolute atomic E-state index is 0.0232. The molecule has 3 aromatic rings. The van der Waals surface area contributed by atoms with E-state index in [9.17, 15) is 18.5 Å². The number of carbonyl (C=O) groups is 1. The molecule has 0 aliphatic carbocycles. The van der Waals surface area contributed by atoms with Crippen molar-refractivity contribution in [1.82, 2.24) is 13.9 Å². The summed E-state index contributed by atoms with van der Waals surface area (Å²) in [5.41, 5.74) is 2.78. The van der Waals surface area contributed by atoms with Crippen molar-refractivity contribution in [1.29, 1.82) is 5.26 Å². The number of nitrogens with zero attached hydrogens (tertiary/aromatic N) is 4. The van der Waals surface area contributed by atoms with E-state index in [1.807, 2.05) is 30.6 Å². The maximum absolute atomic E-state index is 12.5. The third kappa shape index (κ3) is 4.97. The Morgan fingerprint density at radius 1 is 1.29 bits per heavy atom. The van der Waals surface area contributed by atoms with Crippen LogP contribution in [-0.4, -0.2) is 34.5 Å². The number of benzene rings is 1. The first-order valence-corrected chi connectivity index (χ1v) is 12.0. The standard InChI is InChI=1S/C19H15Cl2N5O3S2/c1-10-6-12(11(2)26(10)16-5-4-14(20)8-15(16)21)7-13(9-22)17(27)23-18-24-19(25-30-18)31(3,28)29/h4-8H,1-3H3,(H,23,24,25,27). The lowest BCUT2D eigenvalue weighted by Crippen LogP contribution is -2.13. The molecule has 3 rings (SSSR count). The number of aromatic nitrogens is 3. The first kappa shape index (κ1) is 23.0. The highest BCUT2D eigenvalue weighted by atomic mass is 35.5. The van der Waals surface area contributed by atoms with Gasteiger partial charge in [-0.3, -0.25) is 10.1 Å². The molecule has 0 bridgehead atoms. The summed E-state index contributed by atoms with van der Waals surface area (Å²) in [4.78, 5) is 16.3. The molecule has 2 aromatic heterocycles. The van der Waals surface area contributed by atoms with Crippen LogP contribution in [0.25, 0.3) is 11.8 Å². The van der Waals surface area contributed by atoms with E-state index in [1.165, 1.54) is 6.08 Å². The predicted molar refractivity (Wildman–Crippen MR) is 121 cm³/mol. The van der Waals surface area contributed by atoms with Crippen molar-refractivity contribution in [3.8, 4) is 11.8 Å². The quantitative estimate of drug-likeness (QED) is 0.418. The number of carbonyl (C=O) groups excluding carboxylic acids is 1. The topological polar surface area (TPSA) is 118 Å². The summed E-state index contributed by atoms with van der Waals surface area (Å²) in [6, 6.07) is 8.81. The Hall–Kier alpha value is -2.71. The van der Waals surface area contributed by atoms with E-state index in [4.69, 9.17) is 23.2 Å². The number of hydrogen-bond acceptors (Lipinski definition) is 7. The van der Waals surface area contributed by atoms with Crippen LogP contribution in [0.2, 0.25) is 10.0 Å². The van der Waals surface area contributed by atoms with Gasteiger partial charge in [-0.05, 0) is 49.8 Å². The van der Waals surface area contributed by atoms with Gasteiger partial charge in [0.1, 0.15) is 11.6 Å². The van der Waals surface area contributed by atoms with Gasteiger partial charge < -0.3 is 4.57 Å². The lowest BCUT2D eigenvalue weighted by Gasteiger charge is -2.12. The summed E-state index contributed by atoms with van der Waals surface area (Å²) in [7, 11) is -3.60.